The minimum Gasteiger partial charge on any atom is -0.443 e. The predicted molar refractivity (Wildman–Crippen MR) is 153 cm³/mol. The average molecular weight is 544 g/mol. The average Bonchev–Trinajstić information content (AvgIpc) is 3.36. The highest BCUT2D eigenvalue weighted by Crippen LogP contribution is 2.26. The van der Waals surface area contributed by atoms with Crippen molar-refractivity contribution in [3.63, 3.8) is 0 Å². The molecule has 1 aliphatic heterocycles. The van der Waals surface area contributed by atoms with Crippen LogP contribution >= 0.6 is 0 Å². The molecule has 1 aromatic carbocycles. The number of nitrogens with zero attached hydrogens (tertiary/aromatic N) is 6. The molecule has 4 rings (SSSR count). The van der Waals surface area contributed by atoms with Crippen molar-refractivity contribution in [1.29, 1.82) is 5.26 Å². The topological polar surface area (TPSA) is 104 Å². The van der Waals surface area contributed by atoms with E-state index in [1.165, 1.54) is 11.9 Å². The SMILES string of the molecule is CC(C)Cc1ccc([C@H](C)C(=O)OCn2ccc3c([N+](C)=CC4CN(C(=O)CC#N)CC[C@H]4C)ncnc32)cc1. The first-order valence-electron chi connectivity index (χ1n) is 14.0. The van der Waals surface area contributed by atoms with Crippen LogP contribution in [0, 0.1) is 29.1 Å². The van der Waals surface area contributed by atoms with Gasteiger partial charge in [0.25, 0.3) is 0 Å². The second-order valence-corrected chi connectivity index (χ2v) is 11.2. The molecule has 0 aliphatic carbocycles. The van der Waals surface area contributed by atoms with E-state index in [0.29, 0.717) is 30.6 Å². The van der Waals surface area contributed by atoms with Crippen molar-refractivity contribution in [2.75, 3.05) is 20.1 Å². The number of amides is 1. The number of likely N-dealkylation sites (tertiary alicyclic amines) is 1. The number of rotatable bonds is 9. The van der Waals surface area contributed by atoms with E-state index in [2.05, 4.69) is 49.1 Å². The molecule has 210 valence electrons. The van der Waals surface area contributed by atoms with Gasteiger partial charge in [0.1, 0.15) is 11.8 Å². The molecule has 0 saturated carbocycles. The van der Waals surface area contributed by atoms with Crippen LogP contribution in [0.3, 0.4) is 0 Å². The molecule has 3 atom stereocenters. The van der Waals surface area contributed by atoms with Gasteiger partial charge in [-0.05, 0) is 53.8 Å². The van der Waals surface area contributed by atoms with Gasteiger partial charge in [-0.15, -0.1) is 0 Å². The lowest BCUT2D eigenvalue weighted by atomic mass is 9.87. The van der Waals surface area contributed by atoms with Crippen LogP contribution in [0.2, 0.25) is 0 Å². The number of nitriles is 1. The first-order chi connectivity index (χ1) is 19.2. The van der Waals surface area contributed by atoms with Crippen LogP contribution in [0.15, 0.2) is 42.9 Å². The van der Waals surface area contributed by atoms with Gasteiger partial charge in [-0.1, -0.05) is 45.0 Å². The lowest BCUT2D eigenvalue weighted by molar-refractivity contribution is -0.405. The van der Waals surface area contributed by atoms with Crippen molar-refractivity contribution in [2.24, 2.45) is 17.8 Å². The third-order valence-corrected chi connectivity index (χ3v) is 7.71. The summed E-state index contributed by atoms with van der Waals surface area (Å²) in [7, 11) is 1.94. The number of hydrogen-bond acceptors (Lipinski definition) is 6. The van der Waals surface area contributed by atoms with Gasteiger partial charge >= 0.3 is 11.8 Å². The third kappa shape index (κ3) is 6.74. The Kier molecular flexibility index (Phi) is 9.30. The molecule has 1 aliphatic rings. The third-order valence-electron chi connectivity index (χ3n) is 7.71. The fraction of sp³-hybridized carbons (Fsp3) is 0.484. The molecular weight excluding hydrogens is 504 g/mol. The normalized spacial score (nSPS) is 18.5. The standard InChI is InChI=1S/C31H39N6O3/c1-21(2)16-24-6-8-25(9-7-24)23(4)31(39)40-20-37-15-12-27-29(33-19-34-30(27)37)35(5)17-26-18-36(14-11-22(26)3)28(38)10-13-32/h6-9,12,15,17,19,21-23,26H,10-11,14,16,18,20H2,1-5H3/q+1/t22-,23+,26?/m1/s1. The molecule has 1 amide bonds. The summed E-state index contributed by atoms with van der Waals surface area (Å²) >= 11 is 0. The molecular formula is C31H39N6O3+. The Balaban J connectivity index is 1.45. The smallest absolute Gasteiger partial charge is 0.335 e. The molecule has 9 heteroatoms. The molecule has 1 fully saturated rings. The van der Waals surface area contributed by atoms with Gasteiger partial charge in [0.15, 0.2) is 12.4 Å². The number of hydrogen-bond donors (Lipinski definition) is 0. The van der Waals surface area contributed by atoms with Crippen molar-refractivity contribution in [2.45, 2.75) is 59.6 Å². The van der Waals surface area contributed by atoms with E-state index in [9.17, 15) is 9.59 Å². The first kappa shape index (κ1) is 28.9. The Bertz CT molecular complexity index is 1420. The largest absolute Gasteiger partial charge is 0.443 e. The Labute approximate surface area is 236 Å². The van der Waals surface area contributed by atoms with E-state index in [0.717, 1.165) is 29.6 Å². The van der Waals surface area contributed by atoms with Crippen molar-refractivity contribution >= 4 is 34.9 Å². The summed E-state index contributed by atoms with van der Waals surface area (Å²) in [6.07, 6.45) is 7.26. The summed E-state index contributed by atoms with van der Waals surface area (Å²) in [5.74, 6) is 1.05. The number of aromatic nitrogens is 3. The van der Waals surface area contributed by atoms with E-state index in [1.54, 1.807) is 9.47 Å². The molecule has 3 heterocycles. The number of fused-ring (bicyclic) bond motifs is 1. The lowest BCUT2D eigenvalue weighted by Gasteiger charge is -2.34. The molecule has 0 N–H and O–H groups in total. The highest BCUT2D eigenvalue weighted by Gasteiger charge is 2.29. The lowest BCUT2D eigenvalue weighted by Crippen LogP contribution is -2.44. The van der Waals surface area contributed by atoms with Gasteiger partial charge in [0.05, 0.1) is 25.2 Å². The molecule has 0 spiro atoms. The quantitative estimate of drug-likeness (QED) is 0.221. The predicted octanol–water partition coefficient (Wildman–Crippen LogP) is 4.68. The molecule has 0 bridgehead atoms. The van der Waals surface area contributed by atoms with Crippen LogP contribution in [-0.2, 0) is 27.5 Å². The van der Waals surface area contributed by atoms with Gasteiger partial charge in [-0.25, -0.2) is 4.58 Å². The van der Waals surface area contributed by atoms with Gasteiger partial charge < -0.3 is 9.64 Å². The Morgan fingerprint density at radius 2 is 1.95 bits per heavy atom. The zero-order valence-electron chi connectivity index (χ0n) is 24.1. The first-order valence-corrected chi connectivity index (χ1v) is 14.0. The summed E-state index contributed by atoms with van der Waals surface area (Å²) in [5.41, 5.74) is 2.87. The molecule has 1 unspecified atom stereocenters. The van der Waals surface area contributed by atoms with Gasteiger partial charge in [-0.3, -0.25) is 14.2 Å². The molecule has 3 aromatic rings. The van der Waals surface area contributed by atoms with Crippen LogP contribution in [-0.4, -0.2) is 62.2 Å². The van der Waals surface area contributed by atoms with E-state index < -0.39 is 0 Å². The van der Waals surface area contributed by atoms with E-state index in [-0.39, 0.29) is 36.9 Å². The zero-order valence-corrected chi connectivity index (χ0v) is 24.1. The number of carbonyl (C=O) groups is 2. The fourth-order valence-corrected chi connectivity index (χ4v) is 5.24. The minimum absolute atomic E-state index is 0.0532. The molecule has 0 radical (unpaired) electrons. The molecule has 40 heavy (non-hydrogen) atoms. The monoisotopic (exact) mass is 543 g/mol. The van der Waals surface area contributed by atoms with Gasteiger partial charge in [0.2, 0.25) is 12.2 Å². The number of carbonyl (C=O) groups excluding carboxylic acids is 2. The summed E-state index contributed by atoms with van der Waals surface area (Å²) in [5, 5.41) is 9.74. The second-order valence-electron chi connectivity index (χ2n) is 11.2. The Morgan fingerprint density at radius 3 is 2.65 bits per heavy atom. The number of esters is 1. The molecule has 2 aromatic heterocycles. The van der Waals surface area contributed by atoms with E-state index in [4.69, 9.17) is 10.00 Å². The van der Waals surface area contributed by atoms with Crippen molar-refractivity contribution in [3.8, 4) is 6.07 Å². The molecule has 1 saturated heterocycles. The van der Waals surface area contributed by atoms with Crippen LogP contribution in [0.25, 0.3) is 11.0 Å². The summed E-state index contributed by atoms with van der Waals surface area (Å²) in [4.78, 5) is 35.9. The van der Waals surface area contributed by atoms with Gasteiger partial charge in [0, 0.05) is 25.2 Å². The highest BCUT2D eigenvalue weighted by atomic mass is 16.5. The minimum atomic E-state index is -0.377. The van der Waals surface area contributed by atoms with Crippen LogP contribution in [0.5, 0.6) is 0 Å². The van der Waals surface area contributed by atoms with Crippen molar-refractivity contribution in [3.05, 3.63) is 54.0 Å². The maximum atomic E-state index is 12.9. The molecule has 9 nitrogen and oxygen atoms in total. The summed E-state index contributed by atoms with van der Waals surface area (Å²) < 4.78 is 9.46. The van der Waals surface area contributed by atoms with Crippen LogP contribution < -0.4 is 0 Å². The van der Waals surface area contributed by atoms with Crippen molar-refractivity contribution < 1.29 is 18.9 Å². The Hall–Kier alpha value is -4.06. The number of ether oxygens (including phenoxy) is 1. The van der Waals surface area contributed by atoms with Gasteiger partial charge in [-0.2, -0.15) is 10.2 Å². The summed E-state index contributed by atoms with van der Waals surface area (Å²) in [6, 6.07) is 12.1. The fourth-order valence-electron chi connectivity index (χ4n) is 5.24. The number of piperidine rings is 1. The number of benzene rings is 1. The summed E-state index contributed by atoms with van der Waals surface area (Å²) in [6.45, 7) is 9.74. The van der Waals surface area contributed by atoms with Crippen LogP contribution in [0.4, 0.5) is 5.82 Å². The zero-order chi connectivity index (χ0) is 28.8. The second kappa shape index (κ2) is 12.9. The highest BCUT2D eigenvalue weighted by molar-refractivity contribution is 5.85. The van der Waals surface area contributed by atoms with Crippen molar-refractivity contribution in [1.82, 2.24) is 19.4 Å². The van der Waals surface area contributed by atoms with E-state index >= 15 is 0 Å². The Morgan fingerprint density at radius 1 is 1.20 bits per heavy atom. The van der Waals surface area contributed by atoms with Crippen LogP contribution in [0.1, 0.15) is 57.6 Å². The maximum Gasteiger partial charge on any atom is 0.335 e. The maximum absolute atomic E-state index is 12.9. The van der Waals surface area contributed by atoms with E-state index in [1.807, 2.05) is 49.0 Å².